The van der Waals surface area contributed by atoms with Crippen LogP contribution in [0.4, 0.5) is 5.13 Å². The molecule has 1 aromatic carbocycles. The first-order chi connectivity index (χ1) is 11.2. The third-order valence-corrected chi connectivity index (χ3v) is 3.61. The number of anilines is 1. The Morgan fingerprint density at radius 1 is 1.26 bits per heavy atom. The molecule has 0 aliphatic rings. The Morgan fingerprint density at radius 3 is 2.83 bits per heavy atom. The molecule has 0 aliphatic carbocycles. The van der Waals surface area contributed by atoms with Crippen molar-refractivity contribution in [1.29, 1.82) is 0 Å². The molecule has 0 spiro atoms. The minimum absolute atomic E-state index is 0.0830. The van der Waals surface area contributed by atoms with Crippen molar-refractivity contribution in [3.63, 3.8) is 0 Å². The molecule has 7 nitrogen and oxygen atoms in total. The number of carbonyl (C=O) groups excluding carboxylic acids is 1. The fraction of sp³-hybridized carbons (Fsp3) is 0.0667. The van der Waals surface area contributed by atoms with E-state index in [1.807, 2.05) is 36.4 Å². The number of hydrogen-bond acceptors (Lipinski definition) is 7. The summed E-state index contributed by atoms with van der Waals surface area (Å²) >= 11 is 1.17. The second kappa shape index (κ2) is 6.84. The summed E-state index contributed by atoms with van der Waals surface area (Å²) in [6.45, 7) is 0. The first-order valence-corrected chi connectivity index (χ1v) is 7.57. The smallest absolute Gasteiger partial charge is 0.247 e. The van der Waals surface area contributed by atoms with Crippen molar-refractivity contribution in [3.05, 3.63) is 53.2 Å². The van der Waals surface area contributed by atoms with E-state index in [2.05, 4.69) is 20.7 Å². The highest BCUT2D eigenvalue weighted by atomic mass is 32.1. The van der Waals surface area contributed by atoms with Crippen molar-refractivity contribution >= 4 is 28.6 Å². The van der Waals surface area contributed by atoms with Crippen LogP contribution >= 0.6 is 11.3 Å². The van der Waals surface area contributed by atoms with E-state index in [-0.39, 0.29) is 12.3 Å². The molecule has 3 N–H and O–H groups in total. The third kappa shape index (κ3) is 4.01. The Bertz CT molecular complexity index is 825. The van der Waals surface area contributed by atoms with Gasteiger partial charge in [0, 0.05) is 5.56 Å². The molecule has 0 aliphatic heterocycles. The van der Waals surface area contributed by atoms with Gasteiger partial charge in [0.25, 0.3) is 0 Å². The van der Waals surface area contributed by atoms with Gasteiger partial charge in [-0.3, -0.25) is 4.79 Å². The first kappa shape index (κ1) is 14.9. The molecule has 0 saturated heterocycles. The lowest BCUT2D eigenvalue weighted by Gasteiger charge is -1.96. The molecular weight excluding hydrogens is 314 g/mol. The van der Waals surface area contributed by atoms with Gasteiger partial charge in [0.15, 0.2) is 0 Å². The van der Waals surface area contributed by atoms with Gasteiger partial charge in [-0.25, -0.2) is 5.43 Å². The molecule has 2 heterocycles. The van der Waals surface area contributed by atoms with E-state index in [4.69, 9.17) is 10.2 Å². The Morgan fingerprint density at radius 2 is 2.09 bits per heavy atom. The Balaban J connectivity index is 1.56. The highest BCUT2D eigenvalue weighted by molar-refractivity contribution is 7.15. The van der Waals surface area contributed by atoms with Gasteiger partial charge in [0.1, 0.15) is 16.5 Å². The molecule has 0 fully saturated rings. The van der Waals surface area contributed by atoms with Crippen molar-refractivity contribution in [2.45, 2.75) is 6.42 Å². The summed E-state index contributed by atoms with van der Waals surface area (Å²) in [5.74, 6) is 0.985. The molecule has 3 aromatic rings. The number of carbonyl (C=O) groups is 1. The number of hydrazone groups is 1. The molecular formula is C15H13N5O2S. The van der Waals surface area contributed by atoms with Gasteiger partial charge in [-0.05, 0) is 12.1 Å². The van der Waals surface area contributed by atoms with Crippen LogP contribution in [0.5, 0.6) is 0 Å². The monoisotopic (exact) mass is 327 g/mol. The number of aromatic nitrogens is 2. The fourth-order valence-electron chi connectivity index (χ4n) is 1.86. The summed E-state index contributed by atoms with van der Waals surface area (Å²) in [7, 11) is 0. The van der Waals surface area contributed by atoms with E-state index < -0.39 is 0 Å². The molecule has 0 saturated carbocycles. The summed E-state index contributed by atoms with van der Waals surface area (Å²) in [6, 6.07) is 13.4. The summed E-state index contributed by atoms with van der Waals surface area (Å²) in [5.41, 5.74) is 8.84. The van der Waals surface area contributed by atoms with Crippen LogP contribution in [0, 0.1) is 0 Å². The van der Waals surface area contributed by atoms with Gasteiger partial charge < -0.3 is 10.2 Å². The minimum atomic E-state index is -0.299. The van der Waals surface area contributed by atoms with Gasteiger partial charge in [-0.2, -0.15) is 5.10 Å². The minimum Gasteiger partial charge on any atom is -0.455 e. The van der Waals surface area contributed by atoms with E-state index in [0.29, 0.717) is 15.9 Å². The number of nitrogen functional groups attached to an aromatic ring is 1. The van der Waals surface area contributed by atoms with Gasteiger partial charge >= 0.3 is 0 Å². The van der Waals surface area contributed by atoms with Crippen LogP contribution in [0.3, 0.4) is 0 Å². The van der Waals surface area contributed by atoms with E-state index >= 15 is 0 Å². The Hall–Kier alpha value is -3.00. The Kier molecular flexibility index (Phi) is 4.44. The highest BCUT2D eigenvalue weighted by Gasteiger charge is 2.07. The SMILES string of the molecule is Nc1nnc(CC(=O)N/N=C\c2ccc(-c3ccccc3)o2)s1. The van der Waals surface area contributed by atoms with Crippen molar-refractivity contribution in [2.75, 3.05) is 5.73 Å². The lowest BCUT2D eigenvalue weighted by molar-refractivity contribution is -0.120. The van der Waals surface area contributed by atoms with Crippen LogP contribution < -0.4 is 11.2 Å². The largest absolute Gasteiger partial charge is 0.455 e. The van der Waals surface area contributed by atoms with Crippen molar-refractivity contribution < 1.29 is 9.21 Å². The van der Waals surface area contributed by atoms with Crippen LogP contribution in [0.25, 0.3) is 11.3 Å². The molecule has 3 rings (SSSR count). The van der Waals surface area contributed by atoms with Crippen LogP contribution in [-0.2, 0) is 11.2 Å². The molecule has 1 amide bonds. The van der Waals surface area contributed by atoms with E-state index in [0.717, 1.165) is 11.3 Å². The van der Waals surface area contributed by atoms with Gasteiger partial charge in [0.2, 0.25) is 11.0 Å². The first-order valence-electron chi connectivity index (χ1n) is 6.76. The van der Waals surface area contributed by atoms with Gasteiger partial charge in [-0.15, -0.1) is 10.2 Å². The second-order valence-electron chi connectivity index (χ2n) is 4.57. The highest BCUT2D eigenvalue weighted by Crippen LogP contribution is 2.20. The quantitative estimate of drug-likeness (QED) is 0.551. The molecule has 0 bridgehead atoms. The van der Waals surface area contributed by atoms with Crippen LogP contribution in [0.15, 0.2) is 52.0 Å². The van der Waals surface area contributed by atoms with E-state index in [1.54, 1.807) is 6.07 Å². The van der Waals surface area contributed by atoms with Crippen LogP contribution in [-0.4, -0.2) is 22.3 Å². The number of amides is 1. The molecule has 8 heteroatoms. The maximum atomic E-state index is 11.7. The lowest BCUT2D eigenvalue weighted by Crippen LogP contribution is -2.19. The zero-order valence-corrected chi connectivity index (χ0v) is 12.8. The predicted octanol–water partition coefficient (Wildman–Crippen LogP) is 2.07. The number of hydrogen-bond donors (Lipinski definition) is 2. The zero-order valence-electron chi connectivity index (χ0n) is 12.0. The van der Waals surface area contributed by atoms with E-state index in [1.165, 1.54) is 17.6 Å². The fourth-order valence-corrected chi connectivity index (χ4v) is 2.47. The third-order valence-electron chi connectivity index (χ3n) is 2.86. The maximum Gasteiger partial charge on any atom is 0.247 e. The molecule has 116 valence electrons. The van der Waals surface area contributed by atoms with E-state index in [9.17, 15) is 4.79 Å². The number of furan rings is 1. The maximum absolute atomic E-state index is 11.7. The molecule has 0 unspecified atom stereocenters. The molecule has 23 heavy (non-hydrogen) atoms. The summed E-state index contributed by atoms with van der Waals surface area (Å²) in [5, 5.41) is 12.1. The van der Waals surface area contributed by atoms with Gasteiger partial charge in [0.05, 0.1) is 12.6 Å². The average molecular weight is 327 g/mol. The zero-order chi connectivity index (χ0) is 16.1. The molecule has 0 radical (unpaired) electrons. The number of benzene rings is 1. The summed E-state index contributed by atoms with van der Waals surface area (Å²) in [4.78, 5) is 11.7. The van der Waals surface area contributed by atoms with Crippen LogP contribution in [0.1, 0.15) is 10.8 Å². The average Bonchev–Trinajstić information content (AvgIpc) is 3.17. The number of nitrogens with two attached hydrogens (primary N) is 1. The van der Waals surface area contributed by atoms with Gasteiger partial charge in [-0.1, -0.05) is 41.7 Å². The number of nitrogens with one attached hydrogen (secondary N) is 1. The predicted molar refractivity (Wildman–Crippen MR) is 87.9 cm³/mol. The van der Waals surface area contributed by atoms with Crippen molar-refractivity contribution in [2.24, 2.45) is 5.10 Å². The molecule has 0 atom stereocenters. The summed E-state index contributed by atoms with van der Waals surface area (Å²) in [6.07, 6.45) is 1.53. The van der Waals surface area contributed by atoms with Crippen molar-refractivity contribution in [3.8, 4) is 11.3 Å². The molecule has 2 aromatic heterocycles. The normalized spacial score (nSPS) is 11.0. The second-order valence-corrected chi connectivity index (χ2v) is 5.67. The summed E-state index contributed by atoms with van der Waals surface area (Å²) < 4.78 is 5.64. The Labute approximate surface area is 135 Å². The van der Waals surface area contributed by atoms with Crippen LogP contribution in [0.2, 0.25) is 0 Å². The number of nitrogens with zero attached hydrogens (tertiary/aromatic N) is 3. The lowest BCUT2D eigenvalue weighted by atomic mass is 10.2. The topological polar surface area (TPSA) is 106 Å². The van der Waals surface area contributed by atoms with Crippen molar-refractivity contribution in [1.82, 2.24) is 15.6 Å². The number of rotatable bonds is 5. The standard InChI is InChI=1S/C15H13N5O2S/c16-15-20-19-14(23-15)8-13(21)18-17-9-11-6-7-12(22-11)10-4-2-1-3-5-10/h1-7,9H,8H2,(H2,16,20)(H,18,21)/b17-9-.